The zero-order valence-corrected chi connectivity index (χ0v) is 16.5. The molecule has 0 aliphatic rings. The number of phenolic OH excluding ortho intramolecular Hbond substituents is 1. The van der Waals surface area contributed by atoms with Crippen LogP contribution in [0.15, 0.2) is 18.2 Å². The average molecular weight is 431 g/mol. The Kier molecular flexibility index (Phi) is 10.5. The number of alkyl halides is 1. The summed E-state index contributed by atoms with van der Waals surface area (Å²) in [6.45, 7) is 10.5. The van der Waals surface area contributed by atoms with Gasteiger partial charge in [0.25, 0.3) is 0 Å². The third-order valence-electron chi connectivity index (χ3n) is 3.23. The summed E-state index contributed by atoms with van der Waals surface area (Å²) >= 11 is 2.24. The van der Waals surface area contributed by atoms with Crippen LogP contribution in [0.3, 0.4) is 0 Å². The van der Waals surface area contributed by atoms with Gasteiger partial charge in [-0.1, -0.05) is 55.3 Å². The number of halogens is 1. The molecule has 0 heterocycles. The molecule has 23 heavy (non-hydrogen) atoms. The number of benzene rings is 1. The van der Waals surface area contributed by atoms with Crippen molar-refractivity contribution in [3.05, 3.63) is 29.3 Å². The molecule has 3 N–H and O–H groups in total. The summed E-state index contributed by atoms with van der Waals surface area (Å²) in [6.07, 6.45) is -0.991. The number of amides is 1. The summed E-state index contributed by atoms with van der Waals surface area (Å²) in [5.41, 5.74) is 2.47. The topological polar surface area (TPSA) is 69.6 Å². The highest BCUT2D eigenvalue weighted by Gasteiger charge is 2.12. The van der Waals surface area contributed by atoms with E-state index in [1.165, 1.54) is 11.1 Å². The lowest BCUT2D eigenvalue weighted by atomic mass is 9.98. The Hall–Kier alpha value is -1.42. The van der Waals surface area contributed by atoms with E-state index in [1.807, 2.05) is 19.9 Å². The van der Waals surface area contributed by atoms with Crippen LogP contribution < -0.4 is 5.32 Å². The third kappa shape index (κ3) is 9.34. The van der Waals surface area contributed by atoms with Gasteiger partial charge in [-0.2, -0.15) is 0 Å². The predicted octanol–water partition coefficient (Wildman–Crippen LogP) is 4.54. The molecular formula is C18H26INO3. The van der Waals surface area contributed by atoms with E-state index in [0.717, 1.165) is 0 Å². The first-order valence-corrected chi connectivity index (χ1v) is 8.76. The van der Waals surface area contributed by atoms with E-state index in [-0.39, 0.29) is 5.92 Å². The van der Waals surface area contributed by atoms with Gasteiger partial charge in [-0.05, 0) is 43.0 Å². The van der Waals surface area contributed by atoms with Crippen molar-refractivity contribution in [2.75, 3.05) is 6.54 Å². The van der Waals surface area contributed by atoms with Gasteiger partial charge in [-0.15, -0.1) is 5.92 Å². The Labute approximate surface area is 152 Å². The highest BCUT2D eigenvalue weighted by atomic mass is 127. The lowest BCUT2D eigenvalue weighted by Crippen LogP contribution is -2.30. The Morgan fingerprint density at radius 3 is 2.35 bits per heavy atom. The zero-order valence-electron chi connectivity index (χ0n) is 14.4. The van der Waals surface area contributed by atoms with Crippen molar-refractivity contribution < 1.29 is 15.0 Å². The maximum absolute atomic E-state index is 10.2. The monoisotopic (exact) mass is 431 g/mol. The molecule has 128 valence electrons. The lowest BCUT2D eigenvalue weighted by molar-refractivity contribution is 0.193. The van der Waals surface area contributed by atoms with Gasteiger partial charge in [0.2, 0.25) is 0 Å². The van der Waals surface area contributed by atoms with Crippen molar-refractivity contribution >= 4 is 28.7 Å². The van der Waals surface area contributed by atoms with Crippen LogP contribution >= 0.6 is 22.6 Å². The Balaban J connectivity index is 0.000000422. The van der Waals surface area contributed by atoms with Crippen LogP contribution in [0.2, 0.25) is 0 Å². The molecule has 5 heteroatoms. The van der Waals surface area contributed by atoms with E-state index >= 15 is 0 Å². The van der Waals surface area contributed by atoms with Gasteiger partial charge in [0.1, 0.15) is 5.75 Å². The van der Waals surface area contributed by atoms with E-state index in [4.69, 9.17) is 10.2 Å². The number of rotatable bonds is 4. The molecule has 0 bridgehead atoms. The molecular weight excluding hydrogens is 405 g/mol. The highest BCUT2D eigenvalue weighted by molar-refractivity contribution is 14.1. The van der Waals surface area contributed by atoms with E-state index in [2.05, 4.69) is 53.6 Å². The van der Waals surface area contributed by atoms with Crippen LogP contribution in [-0.2, 0) is 0 Å². The van der Waals surface area contributed by atoms with Crippen LogP contribution in [0.1, 0.15) is 44.7 Å². The zero-order chi connectivity index (χ0) is 18.0. The second-order valence-electron chi connectivity index (χ2n) is 5.56. The fourth-order valence-electron chi connectivity index (χ4n) is 2.02. The molecule has 0 saturated carbocycles. The largest absolute Gasteiger partial charge is 0.508 e. The van der Waals surface area contributed by atoms with Crippen LogP contribution in [0.5, 0.6) is 5.75 Å². The van der Waals surface area contributed by atoms with Crippen LogP contribution in [0.25, 0.3) is 0 Å². The molecule has 0 saturated heterocycles. The van der Waals surface area contributed by atoms with Crippen LogP contribution in [0, 0.1) is 24.7 Å². The first kappa shape index (κ1) is 21.6. The fourth-order valence-corrected chi connectivity index (χ4v) is 2.45. The fraction of sp³-hybridized carbons (Fsp3) is 0.500. The van der Waals surface area contributed by atoms with E-state index in [9.17, 15) is 4.79 Å². The SMILES string of the molecule is CC#CC(CNC(=O)O)C(C)I.Cc1cc(O)ccc1C(C)C. The van der Waals surface area contributed by atoms with Crippen LogP contribution in [-0.4, -0.2) is 26.8 Å². The summed E-state index contributed by atoms with van der Waals surface area (Å²) in [7, 11) is 0. The first-order chi connectivity index (χ1) is 10.7. The van der Waals surface area contributed by atoms with Crippen molar-refractivity contribution in [3.63, 3.8) is 0 Å². The molecule has 0 aliphatic carbocycles. The minimum atomic E-state index is -0.991. The number of hydrogen-bond acceptors (Lipinski definition) is 2. The number of carboxylic acid groups (broad SMARTS) is 1. The number of aromatic hydroxyl groups is 1. The number of carbonyl (C=O) groups is 1. The highest BCUT2D eigenvalue weighted by Crippen LogP contribution is 2.22. The molecule has 2 unspecified atom stereocenters. The minimum Gasteiger partial charge on any atom is -0.508 e. The first-order valence-electron chi connectivity index (χ1n) is 7.51. The standard InChI is InChI=1S/C10H14O.C8H12INO2/c1-7(2)10-5-4-9(11)6-8(10)3;1-3-4-7(6(2)9)5-10-8(11)12/h4-7,11H,1-3H3;6-7,10H,5H2,1-2H3,(H,11,12). The predicted molar refractivity (Wildman–Crippen MR) is 103 cm³/mol. The molecule has 1 rings (SSSR count). The third-order valence-corrected chi connectivity index (χ3v) is 4.10. The van der Waals surface area contributed by atoms with Gasteiger partial charge in [-0.3, -0.25) is 0 Å². The Morgan fingerprint density at radius 2 is 1.96 bits per heavy atom. The smallest absolute Gasteiger partial charge is 0.404 e. The molecule has 2 atom stereocenters. The van der Waals surface area contributed by atoms with E-state index < -0.39 is 6.09 Å². The van der Waals surface area contributed by atoms with Crippen molar-refractivity contribution in [1.82, 2.24) is 5.32 Å². The molecule has 1 aromatic rings. The minimum absolute atomic E-state index is 0.103. The second kappa shape index (κ2) is 11.2. The Bertz CT molecular complexity index is 559. The summed E-state index contributed by atoms with van der Waals surface area (Å²) in [5.74, 6) is 6.73. The van der Waals surface area contributed by atoms with Crippen molar-refractivity contribution in [2.24, 2.45) is 5.92 Å². The van der Waals surface area contributed by atoms with Gasteiger partial charge in [-0.25, -0.2) is 4.79 Å². The quantitative estimate of drug-likeness (QED) is 0.373. The van der Waals surface area contributed by atoms with Crippen molar-refractivity contribution in [1.29, 1.82) is 0 Å². The molecule has 1 aromatic carbocycles. The lowest BCUT2D eigenvalue weighted by Gasteiger charge is -2.12. The molecule has 0 aliphatic heterocycles. The average Bonchev–Trinajstić information content (AvgIpc) is 2.43. The normalized spacial score (nSPS) is 12.3. The number of hydrogen-bond donors (Lipinski definition) is 3. The molecule has 0 spiro atoms. The second-order valence-corrected chi connectivity index (χ2v) is 7.52. The summed E-state index contributed by atoms with van der Waals surface area (Å²) in [5, 5.41) is 19.8. The van der Waals surface area contributed by atoms with E-state index in [0.29, 0.717) is 22.1 Å². The van der Waals surface area contributed by atoms with Crippen molar-refractivity contribution in [2.45, 2.75) is 44.5 Å². The molecule has 4 nitrogen and oxygen atoms in total. The van der Waals surface area contributed by atoms with Gasteiger partial charge in [0, 0.05) is 16.4 Å². The molecule has 0 radical (unpaired) electrons. The Morgan fingerprint density at radius 1 is 1.35 bits per heavy atom. The van der Waals surface area contributed by atoms with Crippen molar-refractivity contribution in [3.8, 4) is 17.6 Å². The van der Waals surface area contributed by atoms with Gasteiger partial charge < -0.3 is 15.5 Å². The number of phenols is 1. The maximum Gasteiger partial charge on any atom is 0.404 e. The van der Waals surface area contributed by atoms with Gasteiger partial charge in [0.15, 0.2) is 0 Å². The number of nitrogens with one attached hydrogen (secondary N) is 1. The summed E-state index contributed by atoms with van der Waals surface area (Å²) < 4.78 is 0.349. The van der Waals surface area contributed by atoms with E-state index in [1.54, 1.807) is 19.1 Å². The maximum atomic E-state index is 10.2. The molecule has 1 amide bonds. The summed E-state index contributed by atoms with van der Waals surface area (Å²) in [4.78, 5) is 10.2. The molecule has 0 aromatic heterocycles. The summed E-state index contributed by atoms with van der Waals surface area (Å²) in [6, 6.07) is 5.52. The number of aryl methyl sites for hydroxylation is 1. The van der Waals surface area contributed by atoms with Gasteiger partial charge in [0.05, 0.1) is 0 Å². The van der Waals surface area contributed by atoms with Crippen LogP contribution in [0.4, 0.5) is 4.79 Å². The molecule has 0 fully saturated rings. The van der Waals surface area contributed by atoms with Gasteiger partial charge >= 0.3 is 6.09 Å².